The Bertz CT molecular complexity index is 279. The fraction of sp³-hybridized carbons (Fsp3) is 0.600. The summed E-state index contributed by atoms with van der Waals surface area (Å²) in [5.74, 6) is 0.374. The molecule has 1 rings (SSSR count). The summed E-state index contributed by atoms with van der Waals surface area (Å²) >= 11 is 0. The van der Waals surface area contributed by atoms with Crippen molar-refractivity contribution < 1.29 is 9.50 Å². The summed E-state index contributed by atoms with van der Waals surface area (Å²) in [6.07, 6.45) is 3.99. The van der Waals surface area contributed by atoms with Crippen LogP contribution >= 0.6 is 0 Å². The second-order valence-electron chi connectivity index (χ2n) is 3.39. The van der Waals surface area contributed by atoms with E-state index in [-0.39, 0.29) is 6.61 Å². The van der Waals surface area contributed by atoms with E-state index in [0.29, 0.717) is 18.4 Å². The Morgan fingerprint density at radius 3 is 2.67 bits per heavy atom. The second-order valence-corrected chi connectivity index (χ2v) is 3.39. The van der Waals surface area contributed by atoms with Crippen LogP contribution in [0.1, 0.15) is 19.8 Å². The van der Waals surface area contributed by atoms with E-state index in [1.54, 1.807) is 0 Å². The highest BCUT2D eigenvalue weighted by Crippen LogP contribution is 2.08. The van der Waals surface area contributed by atoms with E-state index in [9.17, 15) is 4.39 Å². The first-order chi connectivity index (χ1) is 7.26. The van der Waals surface area contributed by atoms with Crippen molar-refractivity contribution in [3.63, 3.8) is 0 Å². The van der Waals surface area contributed by atoms with Gasteiger partial charge in [0.05, 0.1) is 12.4 Å². The minimum atomic E-state index is -0.442. The summed E-state index contributed by atoms with van der Waals surface area (Å²) in [5.41, 5.74) is 0. The molecule has 0 aromatic carbocycles. The van der Waals surface area contributed by atoms with Crippen LogP contribution in [0.5, 0.6) is 0 Å². The van der Waals surface area contributed by atoms with Gasteiger partial charge in [-0.05, 0) is 12.3 Å². The third-order valence-electron chi connectivity index (χ3n) is 2.28. The highest BCUT2D eigenvalue weighted by Gasteiger charge is 2.05. The highest BCUT2D eigenvalue weighted by atomic mass is 19.1. The summed E-state index contributed by atoms with van der Waals surface area (Å²) in [5, 5.41) is 11.8. The van der Waals surface area contributed by atoms with Crippen molar-refractivity contribution in [3.8, 4) is 0 Å². The molecular weight excluding hydrogens is 197 g/mol. The van der Waals surface area contributed by atoms with Gasteiger partial charge in [-0.15, -0.1) is 0 Å². The lowest BCUT2D eigenvalue weighted by molar-refractivity contribution is 0.258. The smallest absolute Gasteiger partial charge is 0.222 e. The number of anilines is 1. The number of nitrogens with zero attached hydrogens (tertiary/aromatic N) is 2. The van der Waals surface area contributed by atoms with Crippen molar-refractivity contribution in [2.75, 3.05) is 18.5 Å². The topological polar surface area (TPSA) is 58.0 Å². The molecule has 0 amide bonds. The fourth-order valence-corrected chi connectivity index (χ4v) is 1.27. The summed E-state index contributed by atoms with van der Waals surface area (Å²) in [7, 11) is 0. The molecule has 1 atom stereocenters. The molecule has 5 heteroatoms. The molecule has 0 bridgehead atoms. The van der Waals surface area contributed by atoms with Gasteiger partial charge in [-0.25, -0.2) is 14.4 Å². The summed E-state index contributed by atoms with van der Waals surface area (Å²) < 4.78 is 12.5. The van der Waals surface area contributed by atoms with Crippen LogP contribution < -0.4 is 5.32 Å². The van der Waals surface area contributed by atoms with Gasteiger partial charge in [-0.3, -0.25) is 0 Å². The number of aliphatic hydroxyl groups is 1. The SMILES string of the molecule is CCC(CCO)CNc1ncc(F)cn1. The Morgan fingerprint density at radius 2 is 2.13 bits per heavy atom. The van der Waals surface area contributed by atoms with E-state index in [0.717, 1.165) is 25.2 Å². The largest absolute Gasteiger partial charge is 0.396 e. The van der Waals surface area contributed by atoms with Crippen molar-refractivity contribution in [1.29, 1.82) is 0 Å². The van der Waals surface area contributed by atoms with Gasteiger partial charge in [0.1, 0.15) is 0 Å². The maximum absolute atomic E-state index is 12.5. The number of aromatic nitrogens is 2. The number of halogens is 1. The van der Waals surface area contributed by atoms with E-state index >= 15 is 0 Å². The summed E-state index contributed by atoms with van der Waals surface area (Å²) in [4.78, 5) is 7.57. The van der Waals surface area contributed by atoms with Gasteiger partial charge in [0.2, 0.25) is 5.95 Å². The lowest BCUT2D eigenvalue weighted by Crippen LogP contribution is -2.16. The zero-order chi connectivity index (χ0) is 11.1. The van der Waals surface area contributed by atoms with Gasteiger partial charge < -0.3 is 10.4 Å². The lowest BCUT2D eigenvalue weighted by Gasteiger charge is -2.13. The molecule has 15 heavy (non-hydrogen) atoms. The third-order valence-corrected chi connectivity index (χ3v) is 2.28. The third kappa shape index (κ3) is 4.20. The Labute approximate surface area is 88.6 Å². The number of hydrogen-bond acceptors (Lipinski definition) is 4. The van der Waals surface area contributed by atoms with Crippen LogP contribution in [0.2, 0.25) is 0 Å². The van der Waals surface area contributed by atoms with Gasteiger partial charge in [-0.2, -0.15) is 0 Å². The molecule has 2 N–H and O–H groups in total. The second kappa shape index (κ2) is 6.29. The minimum absolute atomic E-state index is 0.185. The molecule has 0 spiro atoms. The zero-order valence-electron chi connectivity index (χ0n) is 8.78. The number of rotatable bonds is 6. The normalized spacial score (nSPS) is 12.5. The molecule has 0 saturated heterocycles. The predicted octanol–water partition coefficient (Wildman–Crippen LogP) is 1.44. The average Bonchev–Trinajstić information content (AvgIpc) is 2.26. The molecule has 1 aromatic rings. The zero-order valence-corrected chi connectivity index (χ0v) is 8.78. The first-order valence-corrected chi connectivity index (χ1v) is 5.08. The van der Waals surface area contributed by atoms with Crippen LogP contribution in [-0.2, 0) is 0 Å². The number of hydrogen-bond donors (Lipinski definition) is 2. The van der Waals surface area contributed by atoms with Crippen molar-refractivity contribution in [1.82, 2.24) is 9.97 Å². The maximum Gasteiger partial charge on any atom is 0.222 e. The van der Waals surface area contributed by atoms with Gasteiger partial charge in [0.15, 0.2) is 5.82 Å². The standard InChI is InChI=1S/C10H16FN3O/c1-2-8(3-4-15)5-12-10-13-6-9(11)7-14-10/h6-8,15H,2-5H2,1H3,(H,12,13,14). The first kappa shape index (κ1) is 11.8. The van der Waals surface area contributed by atoms with E-state index < -0.39 is 5.82 Å². The Hall–Kier alpha value is -1.23. The number of nitrogens with one attached hydrogen (secondary N) is 1. The highest BCUT2D eigenvalue weighted by molar-refractivity contribution is 5.22. The molecule has 0 fully saturated rings. The minimum Gasteiger partial charge on any atom is -0.396 e. The van der Waals surface area contributed by atoms with Gasteiger partial charge in [0, 0.05) is 13.2 Å². The summed E-state index contributed by atoms with van der Waals surface area (Å²) in [6, 6.07) is 0. The van der Waals surface area contributed by atoms with Crippen LogP contribution in [0, 0.1) is 11.7 Å². The Balaban J connectivity index is 2.38. The Kier molecular flexibility index (Phi) is 4.97. The quantitative estimate of drug-likeness (QED) is 0.750. The average molecular weight is 213 g/mol. The maximum atomic E-state index is 12.5. The predicted molar refractivity (Wildman–Crippen MR) is 56.0 cm³/mol. The van der Waals surface area contributed by atoms with Crippen molar-refractivity contribution in [3.05, 3.63) is 18.2 Å². The van der Waals surface area contributed by atoms with E-state index in [1.165, 1.54) is 0 Å². The summed E-state index contributed by atoms with van der Waals surface area (Å²) in [6.45, 7) is 2.95. The first-order valence-electron chi connectivity index (χ1n) is 5.08. The molecule has 0 aliphatic carbocycles. The van der Waals surface area contributed by atoms with Crippen LogP contribution in [-0.4, -0.2) is 28.2 Å². The molecule has 1 unspecified atom stereocenters. The molecular formula is C10H16FN3O. The van der Waals surface area contributed by atoms with Gasteiger partial charge in [0.25, 0.3) is 0 Å². The molecule has 84 valence electrons. The fourth-order valence-electron chi connectivity index (χ4n) is 1.27. The van der Waals surface area contributed by atoms with Crippen molar-refractivity contribution in [2.24, 2.45) is 5.92 Å². The molecule has 1 heterocycles. The van der Waals surface area contributed by atoms with E-state index in [1.807, 2.05) is 0 Å². The lowest BCUT2D eigenvalue weighted by atomic mass is 10.0. The van der Waals surface area contributed by atoms with Crippen molar-refractivity contribution in [2.45, 2.75) is 19.8 Å². The molecule has 0 radical (unpaired) electrons. The van der Waals surface area contributed by atoms with Crippen LogP contribution in [0.25, 0.3) is 0 Å². The number of aliphatic hydroxyl groups excluding tert-OH is 1. The van der Waals surface area contributed by atoms with Gasteiger partial charge >= 0.3 is 0 Å². The van der Waals surface area contributed by atoms with Crippen molar-refractivity contribution >= 4 is 5.95 Å². The molecule has 1 aromatic heterocycles. The van der Waals surface area contributed by atoms with Crippen LogP contribution in [0.15, 0.2) is 12.4 Å². The van der Waals surface area contributed by atoms with Crippen LogP contribution in [0.3, 0.4) is 0 Å². The molecule has 0 aliphatic rings. The molecule has 0 saturated carbocycles. The Morgan fingerprint density at radius 1 is 1.47 bits per heavy atom. The monoisotopic (exact) mass is 213 g/mol. The van der Waals surface area contributed by atoms with Crippen LogP contribution in [0.4, 0.5) is 10.3 Å². The van der Waals surface area contributed by atoms with E-state index in [2.05, 4.69) is 22.2 Å². The van der Waals surface area contributed by atoms with E-state index in [4.69, 9.17) is 5.11 Å². The molecule has 0 aliphatic heterocycles. The van der Waals surface area contributed by atoms with Gasteiger partial charge in [-0.1, -0.05) is 13.3 Å². The molecule has 4 nitrogen and oxygen atoms in total.